The first-order chi connectivity index (χ1) is 14.0. The van der Waals surface area contributed by atoms with Crippen molar-refractivity contribution in [1.29, 1.82) is 0 Å². The molecule has 3 N–H and O–H groups in total. The first-order valence-electron chi connectivity index (χ1n) is 10.3. The Kier molecular flexibility index (Phi) is 4.85. The molecule has 4 rings (SSSR count). The summed E-state index contributed by atoms with van der Waals surface area (Å²) in [6.45, 7) is 11.4. The number of fused-ring (bicyclic) bond motifs is 1. The molecule has 0 saturated carbocycles. The molecular formula is C25H28N2O2S. The highest BCUT2D eigenvalue weighted by molar-refractivity contribution is 8.18. The number of rotatable bonds is 2. The molecule has 2 aromatic rings. The first kappa shape index (κ1) is 20.7. The summed E-state index contributed by atoms with van der Waals surface area (Å²) in [5.41, 5.74) is 14.1. The van der Waals surface area contributed by atoms with Gasteiger partial charge < -0.3 is 5.73 Å². The van der Waals surface area contributed by atoms with Gasteiger partial charge in [0, 0.05) is 11.3 Å². The number of nitrogen functional groups attached to an aromatic ring is 1. The highest BCUT2D eigenvalue weighted by Crippen LogP contribution is 2.48. The second-order valence-corrected chi connectivity index (χ2v) is 10.7. The minimum Gasteiger partial charge on any atom is -0.398 e. The lowest BCUT2D eigenvalue weighted by molar-refractivity contribution is -0.115. The minimum absolute atomic E-state index is 0.0864. The Bertz CT molecular complexity index is 1110. The lowest BCUT2D eigenvalue weighted by Gasteiger charge is -2.42. The molecule has 0 aromatic heterocycles. The molecule has 30 heavy (non-hydrogen) atoms. The van der Waals surface area contributed by atoms with E-state index in [0.29, 0.717) is 10.6 Å². The number of benzene rings is 2. The van der Waals surface area contributed by atoms with E-state index in [2.05, 4.69) is 52.1 Å². The summed E-state index contributed by atoms with van der Waals surface area (Å²) in [5.74, 6) is -0.358. The van der Waals surface area contributed by atoms with Crippen LogP contribution in [-0.4, -0.2) is 11.1 Å². The number of nitrogens with two attached hydrogens (primary N) is 1. The number of hydrogen-bond acceptors (Lipinski definition) is 4. The molecule has 156 valence electrons. The summed E-state index contributed by atoms with van der Waals surface area (Å²) in [7, 11) is 0. The van der Waals surface area contributed by atoms with E-state index in [9.17, 15) is 9.59 Å². The van der Waals surface area contributed by atoms with Crippen LogP contribution in [0.5, 0.6) is 0 Å². The molecule has 0 unspecified atom stereocenters. The van der Waals surface area contributed by atoms with Crippen LogP contribution in [0.1, 0.15) is 62.8 Å². The van der Waals surface area contributed by atoms with Gasteiger partial charge in [0.1, 0.15) is 0 Å². The van der Waals surface area contributed by atoms with E-state index >= 15 is 0 Å². The third-order valence-corrected chi connectivity index (χ3v) is 7.34. The van der Waals surface area contributed by atoms with Gasteiger partial charge in [-0.15, -0.1) is 0 Å². The van der Waals surface area contributed by atoms with E-state index in [1.807, 2.05) is 18.2 Å². The van der Waals surface area contributed by atoms with Gasteiger partial charge in [-0.3, -0.25) is 14.9 Å². The molecule has 4 nitrogen and oxygen atoms in total. The maximum Gasteiger partial charge on any atom is 0.290 e. The minimum atomic E-state index is -0.358. The van der Waals surface area contributed by atoms with E-state index in [4.69, 9.17) is 5.73 Å². The Morgan fingerprint density at radius 1 is 1.03 bits per heavy atom. The van der Waals surface area contributed by atoms with Gasteiger partial charge in [0.05, 0.1) is 4.91 Å². The average molecular weight is 421 g/mol. The van der Waals surface area contributed by atoms with E-state index in [1.165, 1.54) is 11.1 Å². The van der Waals surface area contributed by atoms with Crippen LogP contribution >= 0.6 is 11.8 Å². The topological polar surface area (TPSA) is 72.2 Å². The van der Waals surface area contributed by atoms with Crippen LogP contribution in [-0.2, 0) is 15.6 Å². The average Bonchev–Trinajstić information content (AvgIpc) is 2.97. The van der Waals surface area contributed by atoms with Crippen molar-refractivity contribution < 1.29 is 9.59 Å². The smallest absolute Gasteiger partial charge is 0.290 e. The summed E-state index contributed by atoms with van der Waals surface area (Å²) in [6.07, 6.45) is 4.07. The quantitative estimate of drug-likeness (QED) is 0.467. The number of anilines is 1. The van der Waals surface area contributed by atoms with Crippen molar-refractivity contribution >= 4 is 34.7 Å². The van der Waals surface area contributed by atoms with Crippen LogP contribution < -0.4 is 11.1 Å². The highest BCUT2D eigenvalue weighted by Gasteiger charge is 2.37. The molecular weight excluding hydrogens is 392 g/mol. The molecule has 0 bridgehead atoms. The Labute approximate surface area is 182 Å². The normalized spacial score (nSPS) is 20.9. The molecule has 0 radical (unpaired) electrons. The van der Waals surface area contributed by atoms with Crippen LogP contribution in [0.3, 0.4) is 0 Å². The predicted molar refractivity (Wildman–Crippen MR) is 125 cm³/mol. The van der Waals surface area contributed by atoms with E-state index in [0.717, 1.165) is 46.9 Å². The molecule has 0 spiro atoms. The van der Waals surface area contributed by atoms with Crippen LogP contribution in [0.2, 0.25) is 0 Å². The number of carbonyl (C=O) groups is 2. The fraction of sp³-hybridized carbons (Fsp3) is 0.360. The van der Waals surface area contributed by atoms with Gasteiger partial charge in [-0.1, -0.05) is 45.9 Å². The summed E-state index contributed by atoms with van der Waals surface area (Å²) in [6, 6.07) is 10.3. The second kappa shape index (κ2) is 7.02. The third-order valence-electron chi connectivity index (χ3n) is 6.52. The lowest BCUT2D eigenvalue weighted by Crippen LogP contribution is -2.34. The van der Waals surface area contributed by atoms with E-state index in [1.54, 1.807) is 6.08 Å². The lowest BCUT2D eigenvalue weighted by atomic mass is 9.62. The molecule has 2 aliphatic rings. The number of amides is 2. The maximum absolute atomic E-state index is 12.1. The molecule has 5 heteroatoms. The van der Waals surface area contributed by atoms with Gasteiger partial charge in [-0.05, 0) is 88.4 Å². The van der Waals surface area contributed by atoms with Gasteiger partial charge >= 0.3 is 0 Å². The fourth-order valence-electron chi connectivity index (χ4n) is 4.57. The SMILES string of the molecule is Cc1cc2c(cc1-c1c(N)cccc1C=C1SC(=O)NC1=O)C(C)(C)CCC2(C)C. The molecule has 1 aliphatic carbocycles. The number of thioether (sulfide) groups is 1. The summed E-state index contributed by atoms with van der Waals surface area (Å²) >= 11 is 0.926. The molecule has 2 aromatic carbocycles. The van der Waals surface area contributed by atoms with Crippen molar-refractivity contribution in [2.24, 2.45) is 0 Å². The van der Waals surface area contributed by atoms with E-state index < -0.39 is 0 Å². The van der Waals surface area contributed by atoms with Crippen molar-refractivity contribution in [3.8, 4) is 11.1 Å². The number of nitrogens with one attached hydrogen (secondary N) is 1. The maximum atomic E-state index is 12.1. The fourth-order valence-corrected chi connectivity index (χ4v) is 5.25. The Morgan fingerprint density at radius 3 is 2.27 bits per heavy atom. The van der Waals surface area contributed by atoms with Crippen LogP contribution in [0, 0.1) is 6.92 Å². The van der Waals surface area contributed by atoms with Gasteiger partial charge in [0.15, 0.2) is 0 Å². The molecule has 1 aliphatic heterocycles. The van der Waals surface area contributed by atoms with Crippen molar-refractivity contribution in [3.05, 3.63) is 57.5 Å². The largest absolute Gasteiger partial charge is 0.398 e. The van der Waals surface area contributed by atoms with Crippen LogP contribution in [0.25, 0.3) is 17.2 Å². The summed E-state index contributed by atoms with van der Waals surface area (Å²) in [5, 5.41) is 1.98. The molecule has 1 fully saturated rings. The standard InChI is InChI=1S/C25H28N2O2S/c1-14-11-17-18(25(4,5)10-9-24(17,2)3)13-16(14)21-15(7-6-8-19(21)26)12-20-22(28)27-23(29)30-20/h6-8,11-13H,9-10,26H2,1-5H3,(H,27,28,29). The Morgan fingerprint density at radius 2 is 1.67 bits per heavy atom. The highest BCUT2D eigenvalue weighted by atomic mass is 32.2. The van der Waals surface area contributed by atoms with Gasteiger partial charge in [-0.2, -0.15) is 0 Å². The Balaban J connectivity index is 1.94. The van der Waals surface area contributed by atoms with Crippen molar-refractivity contribution in [2.75, 3.05) is 5.73 Å². The van der Waals surface area contributed by atoms with Crippen LogP contribution in [0.4, 0.5) is 10.5 Å². The molecule has 1 heterocycles. The van der Waals surface area contributed by atoms with Crippen molar-refractivity contribution in [1.82, 2.24) is 5.32 Å². The van der Waals surface area contributed by atoms with Gasteiger partial charge in [-0.25, -0.2) is 0 Å². The second-order valence-electron chi connectivity index (χ2n) is 9.64. The van der Waals surface area contributed by atoms with Crippen molar-refractivity contribution in [3.63, 3.8) is 0 Å². The van der Waals surface area contributed by atoms with E-state index in [-0.39, 0.29) is 22.0 Å². The van der Waals surface area contributed by atoms with Gasteiger partial charge in [0.25, 0.3) is 11.1 Å². The van der Waals surface area contributed by atoms with Gasteiger partial charge in [0.2, 0.25) is 0 Å². The molecule has 2 amide bonds. The molecule has 1 saturated heterocycles. The predicted octanol–water partition coefficient (Wildman–Crippen LogP) is 5.92. The number of imide groups is 1. The number of aryl methyl sites for hydroxylation is 1. The third kappa shape index (κ3) is 3.45. The zero-order valence-corrected chi connectivity index (χ0v) is 19.0. The number of hydrogen-bond donors (Lipinski definition) is 2. The number of carbonyl (C=O) groups excluding carboxylic acids is 2. The zero-order valence-electron chi connectivity index (χ0n) is 18.2. The summed E-state index contributed by atoms with van der Waals surface area (Å²) in [4.78, 5) is 24.1. The van der Waals surface area contributed by atoms with Crippen LogP contribution in [0.15, 0.2) is 35.2 Å². The first-order valence-corrected chi connectivity index (χ1v) is 11.1. The monoisotopic (exact) mass is 420 g/mol. The zero-order chi connectivity index (χ0) is 21.8. The molecule has 0 atom stereocenters. The van der Waals surface area contributed by atoms with Crippen molar-refractivity contribution in [2.45, 2.75) is 58.3 Å². The Hall–Kier alpha value is -2.53. The summed E-state index contributed by atoms with van der Waals surface area (Å²) < 4.78 is 0.